The molecule has 106 valence electrons. The second-order valence-electron chi connectivity index (χ2n) is 5.50. The Morgan fingerprint density at radius 1 is 1.33 bits per heavy atom. The highest BCUT2D eigenvalue weighted by atomic mass is 19.1. The van der Waals surface area contributed by atoms with Crippen molar-refractivity contribution in [2.45, 2.75) is 32.1 Å². The van der Waals surface area contributed by atoms with Crippen LogP contribution in [0.5, 0.6) is 0 Å². The van der Waals surface area contributed by atoms with E-state index in [-0.39, 0.29) is 11.6 Å². The summed E-state index contributed by atoms with van der Waals surface area (Å²) < 4.78 is 14.2. The number of nitrogens with zero attached hydrogens (tertiary/aromatic N) is 2. The lowest BCUT2D eigenvalue weighted by Gasteiger charge is -2.32. The Hall–Kier alpha value is -2.28. The number of hydrogen-bond donors (Lipinski definition) is 0. The van der Waals surface area contributed by atoms with Gasteiger partial charge >= 0.3 is 0 Å². The van der Waals surface area contributed by atoms with Crippen molar-refractivity contribution in [3.05, 3.63) is 46.9 Å². The summed E-state index contributed by atoms with van der Waals surface area (Å²) in [6.45, 7) is 1.78. The lowest BCUT2D eigenvalue weighted by molar-refractivity contribution is -0.116. The zero-order valence-electron chi connectivity index (χ0n) is 11.8. The third kappa shape index (κ3) is 2.19. The summed E-state index contributed by atoms with van der Waals surface area (Å²) in [5, 5.41) is 9.47. The number of rotatable bonds is 1. The molecule has 0 bridgehead atoms. The minimum Gasteiger partial charge on any atom is -0.294 e. The van der Waals surface area contributed by atoms with E-state index < -0.39 is 11.8 Å². The Kier molecular flexibility index (Phi) is 3.42. The Labute approximate surface area is 122 Å². The molecule has 21 heavy (non-hydrogen) atoms. The smallest absolute Gasteiger partial charge is 0.161 e. The highest BCUT2D eigenvalue weighted by Gasteiger charge is 2.39. The van der Waals surface area contributed by atoms with Gasteiger partial charge in [-0.2, -0.15) is 5.26 Å². The fourth-order valence-electron chi connectivity index (χ4n) is 3.24. The third-order valence-electron chi connectivity index (χ3n) is 4.21. The molecule has 1 aliphatic heterocycles. The van der Waals surface area contributed by atoms with Crippen molar-refractivity contribution in [2.24, 2.45) is 10.9 Å². The topological polar surface area (TPSA) is 53.2 Å². The van der Waals surface area contributed by atoms with Crippen LogP contribution in [0, 0.1) is 23.1 Å². The molecule has 2 unspecified atom stereocenters. The fourth-order valence-corrected chi connectivity index (χ4v) is 3.24. The van der Waals surface area contributed by atoms with Crippen LogP contribution in [0.1, 0.15) is 37.7 Å². The van der Waals surface area contributed by atoms with Gasteiger partial charge < -0.3 is 0 Å². The van der Waals surface area contributed by atoms with Crippen LogP contribution >= 0.6 is 0 Å². The molecular formula is C17H15FN2O. The van der Waals surface area contributed by atoms with Crippen molar-refractivity contribution < 1.29 is 9.18 Å². The van der Waals surface area contributed by atoms with Gasteiger partial charge in [0.05, 0.1) is 12.0 Å². The zero-order valence-corrected chi connectivity index (χ0v) is 11.8. The van der Waals surface area contributed by atoms with Crippen LogP contribution in [-0.2, 0) is 4.79 Å². The first-order chi connectivity index (χ1) is 10.1. The maximum absolute atomic E-state index is 14.2. The molecule has 0 radical (unpaired) electrons. The molecule has 2 atom stereocenters. The molecule has 1 heterocycles. The minimum atomic E-state index is -0.581. The number of Topliss-reactive ketones (excluding diaryl/α,β-unsaturated/α-hetero) is 1. The Bertz CT molecular complexity index is 712. The first-order valence-electron chi connectivity index (χ1n) is 7.09. The quantitative estimate of drug-likeness (QED) is 0.791. The van der Waals surface area contributed by atoms with Crippen molar-refractivity contribution in [2.75, 3.05) is 0 Å². The summed E-state index contributed by atoms with van der Waals surface area (Å²) in [4.78, 5) is 16.8. The number of ketones is 1. The third-order valence-corrected chi connectivity index (χ3v) is 4.21. The van der Waals surface area contributed by atoms with Crippen LogP contribution in [0.25, 0.3) is 0 Å². The number of hydrogen-bond acceptors (Lipinski definition) is 3. The largest absolute Gasteiger partial charge is 0.294 e. The van der Waals surface area contributed by atoms with Gasteiger partial charge in [0, 0.05) is 29.3 Å². The van der Waals surface area contributed by atoms with Gasteiger partial charge in [0.25, 0.3) is 0 Å². The highest BCUT2D eigenvalue weighted by Crippen LogP contribution is 2.43. The number of halogens is 1. The van der Waals surface area contributed by atoms with E-state index in [9.17, 15) is 14.4 Å². The molecule has 0 fully saturated rings. The molecular weight excluding hydrogens is 267 g/mol. The monoisotopic (exact) mass is 282 g/mol. The predicted octanol–water partition coefficient (Wildman–Crippen LogP) is 3.53. The molecule has 1 aromatic carbocycles. The van der Waals surface area contributed by atoms with Crippen LogP contribution in [0.2, 0.25) is 0 Å². The molecule has 1 aromatic rings. The highest BCUT2D eigenvalue weighted by molar-refractivity contribution is 6.02. The summed E-state index contributed by atoms with van der Waals surface area (Å²) in [7, 11) is 0. The maximum Gasteiger partial charge on any atom is 0.161 e. The number of allylic oxidation sites excluding steroid dienone is 2. The molecule has 3 rings (SSSR count). The Balaban J connectivity index is 2.22. The van der Waals surface area contributed by atoms with Crippen LogP contribution in [0.3, 0.4) is 0 Å². The van der Waals surface area contributed by atoms with E-state index in [0.717, 1.165) is 18.5 Å². The molecule has 0 saturated carbocycles. The van der Waals surface area contributed by atoms with Gasteiger partial charge in [-0.3, -0.25) is 9.79 Å². The number of aliphatic imine (C=N–C) groups is 1. The average molecular weight is 282 g/mol. The lowest BCUT2D eigenvalue weighted by Crippen LogP contribution is -2.31. The summed E-state index contributed by atoms with van der Waals surface area (Å²) in [5.74, 6) is -1.48. The van der Waals surface area contributed by atoms with E-state index in [2.05, 4.69) is 11.1 Å². The van der Waals surface area contributed by atoms with E-state index in [1.807, 2.05) is 0 Å². The molecule has 1 aliphatic carbocycles. The summed E-state index contributed by atoms with van der Waals surface area (Å²) in [6.07, 6.45) is 1.95. The first-order valence-corrected chi connectivity index (χ1v) is 7.09. The summed E-state index contributed by atoms with van der Waals surface area (Å²) in [6, 6.07) is 8.59. The first kappa shape index (κ1) is 13.7. The molecule has 2 aliphatic rings. The number of benzene rings is 1. The van der Waals surface area contributed by atoms with Crippen LogP contribution in [-0.4, -0.2) is 11.5 Å². The van der Waals surface area contributed by atoms with E-state index >= 15 is 0 Å². The van der Waals surface area contributed by atoms with E-state index in [0.29, 0.717) is 23.3 Å². The van der Waals surface area contributed by atoms with Gasteiger partial charge in [0.1, 0.15) is 5.82 Å². The van der Waals surface area contributed by atoms with Gasteiger partial charge in [-0.25, -0.2) is 4.39 Å². The van der Waals surface area contributed by atoms with Crippen molar-refractivity contribution in [1.29, 1.82) is 5.26 Å². The number of carbonyl (C=O) groups is 1. The van der Waals surface area contributed by atoms with Crippen molar-refractivity contribution in [3.8, 4) is 6.07 Å². The average Bonchev–Trinajstić information content (AvgIpc) is 2.47. The van der Waals surface area contributed by atoms with Crippen molar-refractivity contribution >= 4 is 11.5 Å². The fraction of sp³-hybridized carbons (Fsp3) is 0.353. The molecule has 0 aromatic heterocycles. The Morgan fingerprint density at radius 3 is 2.81 bits per heavy atom. The van der Waals surface area contributed by atoms with E-state index in [1.165, 1.54) is 6.07 Å². The van der Waals surface area contributed by atoms with Crippen molar-refractivity contribution in [3.63, 3.8) is 0 Å². The molecule has 0 amide bonds. The summed E-state index contributed by atoms with van der Waals surface area (Å²) in [5.41, 5.74) is 2.37. The van der Waals surface area contributed by atoms with Gasteiger partial charge in [-0.05, 0) is 31.4 Å². The van der Waals surface area contributed by atoms with Gasteiger partial charge in [-0.1, -0.05) is 18.2 Å². The van der Waals surface area contributed by atoms with Crippen molar-refractivity contribution in [1.82, 2.24) is 0 Å². The Morgan fingerprint density at radius 2 is 2.10 bits per heavy atom. The van der Waals surface area contributed by atoms with Gasteiger partial charge in [-0.15, -0.1) is 0 Å². The van der Waals surface area contributed by atoms with Gasteiger partial charge in [0.15, 0.2) is 5.78 Å². The van der Waals surface area contributed by atoms with E-state index in [1.54, 1.807) is 25.1 Å². The standard InChI is InChI=1S/C17H15FN2O/c1-10-12(9-19)16(11-5-2-3-6-13(11)18)17-14(20-10)7-4-8-15(17)21/h2-3,5-6,12,16H,4,7-8H2,1H3. The molecule has 0 spiro atoms. The molecule has 0 saturated heterocycles. The second kappa shape index (κ2) is 5.25. The van der Waals surface area contributed by atoms with Crippen LogP contribution in [0.4, 0.5) is 4.39 Å². The second-order valence-corrected chi connectivity index (χ2v) is 5.50. The molecule has 4 heteroatoms. The molecule has 3 nitrogen and oxygen atoms in total. The zero-order chi connectivity index (χ0) is 15.0. The normalized spacial score (nSPS) is 25.2. The minimum absolute atomic E-state index is 0.000929. The maximum atomic E-state index is 14.2. The number of nitriles is 1. The van der Waals surface area contributed by atoms with Crippen LogP contribution < -0.4 is 0 Å². The van der Waals surface area contributed by atoms with Gasteiger partial charge in [0.2, 0.25) is 0 Å². The predicted molar refractivity (Wildman–Crippen MR) is 77.2 cm³/mol. The SMILES string of the molecule is CC1=NC2=C(C(=O)CCC2)C(c2ccccc2F)C1C#N. The number of carbonyl (C=O) groups excluding carboxylic acids is 1. The van der Waals surface area contributed by atoms with Crippen LogP contribution in [0.15, 0.2) is 40.5 Å². The lowest BCUT2D eigenvalue weighted by atomic mass is 9.72. The molecule has 0 N–H and O–H groups in total. The summed E-state index contributed by atoms with van der Waals surface area (Å²) >= 11 is 0. The van der Waals surface area contributed by atoms with E-state index in [4.69, 9.17) is 0 Å².